The van der Waals surface area contributed by atoms with Crippen LogP contribution < -0.4 is 17.0 Å². The van der Waals surface area contributed by atoms with Crippen molar-refractivity contribution in [2.45, 2.75) is 0 Å². The van der Waals surface area contributed by atoms with Crippen LogP contribution in [0.2, 0.25) is 0 Å². The third kappa shape index (κ3) is 2.73. The largest absolute Gasteiger partial charge is 2.00 e. The minimum atomic E-state index is 0. The van der Waals surface area contributed by atoms with Gasteiger partial charge in [0.1, 0.15) is 0 Å². The molecule has 1 aliphatic heterocycles. The van der Waals surface area contributed by atoms with Gasteiger partial charge in [0.05, 0.1) is 0 Å². The van der Waals surface area contributed by atoms with E-state index < -0.39 is 0 Å². The van der Waals surface area contributed by atoms with E-state index in [9.17, 15) is 0 Å². The van der Waals surface area contributed by atoms with Gasteiger partial charge < -0.3 is 17.0 Å². The summed E-state index contributed by atoms with van der Waals surface area (Å²) in [5.41, 5.74) is 2.65. The van der Waals surface area contributed by atoms with E-state index >= 15 is 0 Å². The Bertz CT molecular complexity index is 273. The number of thioether (sulfide) groups is 1. The van der Waals surface area contributed by atoms with E-state index in [-0.39, 0.29) is 40.0 Å². The molecule has 0 bridgehead atoms. The van der Waals surface area contributed by atoms with Gasteiger partial charge in [-0.2, -0.15) is 23.4 Å². The second-order valence-corrected chi connectivity index (χ2v) is 2.97. The monoisotopic (exact) mass is 250 g/mol. The van der Waals surface area contributed by atoms with E-state index in [0.29, 0.717) is 0 Å². The maximum atomic E-state index is 2.16. The second kappa shape index (κ2) is 5.97. The van der Waals surface area contributed by atoms with Crippen LogP contribution in [0, 0.1) is 5.75 Å². The third-order valence-corrected chi connectivity index (χ3v) is 2.20. The van der Waals surface area contributed by atoms with Crippen molar-refractivity contribution in [1.29, 1.82) is 0 Å². The van der Waals surface area contributed by atoms with Gasteiger partial charge in [0.25, 0.3) is 0 Å². The van der Waals surface area contributed by atoms with Crippen LogP contribution >= 0.6 is 11.8 Å². The van der Waals surface area contributed by atoms with E-state index in [0.717, 1.165) is 0 Å². The minimum absolute atomic E-state index is 0. The molecule has 1 aliphatic rings. The number of halogens is 1. The SMILES string of the molecule is C1=Cc2ccccc2[CH-]S1.[Br-].[Mg+2]. The van der Waals surface area contributed by atoms with Crippen molar-refractivity contribution in [3.8, 4) is 0 Å². The summed E-state index contributed by atoms with van der Waals surface area (Å²) in [6.45, 7) is 0. The van der Waals surface area contributed by atoms with Crippen molar-refractivity contribution in [2.24, 2.45) is 0 Å². The van der Waals surface area contributed by atoms with Crippen LogP contribution in [0.15, 0.2) is 29.7 Å². The predicted octanol–water partition coefficient (Wildman–Crippen LogP) is -0.463. The standard InChI is InChI=1S/C9H7S.BrH.Mg/c1-2-4-9-7-10-6-5-8(9)3-1;;/h1-7H;1H;/q-1;;+2/p-1. The molecule has 58 valence electrons. The van der Waals surface area contributed by atoms with Crippen LogP contribution in [0.25, 0.3) is 6.08 Å². The molecule has 1 aromatic carbocycles. The van der Waals surface area contributed by atoms with Crippen LogP contribution in [0.4, 0.5) is 0 Å². The summed E-state index contributed by atoms with van der Waals surface area (Å²) in [6, 6.07) is 8.38. The molecule has 0 saturated heterocycles. The Kier molecular flexibility index (Phi) is 6.18. The molecule has 2 rings (SSSR count). The maximum absolute atomic E-state index is 2.16. The van der Waals surface area contributed by atoms with Crippen molar-refractivity contribution >= 4 is 40.9 Å². The molecule has 0 N–H and O–H groups in total. The molecule has 0 fully saturated rings. The molecule has 12 heavy (non-hydrogen) atoms. The number of hydrogen-bond acceptors (Lipinski definition) is 1. The summed E-state index contributed by atoms with van der Waals surface area (Å²) in [7, 11) is 0. The zero-order valence-corrected chi connectivity index (χ0v) is 10.4. The molecular weight excluding hydrogens is 244 g/mol. The fraction of sp³-hybridized carbons (Fsp3) is 0. The van der Waals surface area contributed by atoms with Crippen LogP contribution in [-0.2, 0) is 0 Å². The fourth-order valence-electron chi connectivity index (χ4n) is 0.995. The van der Waals surface area contributed by atoms with Gasteiger partial charge in [0.2, 0.25) is 0 Å². The first kappa shape index (κ1) is 12.4. The number of rotatable bonds is 0. The first-order valence-corrected chi connectivity index (χ1v) is 4.15. The summed E-state index contributed by atoms with van der Waals surface area (Å²) in [5.74, 6) is 2.16. The molecule has 1 aromatic rings. The Balaban J connectivity index is 0.000000605. The van der Waals surface area contributed by atoms with E-state index in [2.05, 4.69) is 41.5 Å². The summed E-state index contributed by atoms with van der Waals surface area (Å²) >= 11 is 1.73. The van der Waals surface area contributed by atoms with E-state index in [1.807, 2.05) is 0 Å². The molecule has 0 spiro atoms. The average molecular weight is 251 g/mol. The van der Waals surface area contributed by atoms with Gasteiger partial charge in [-0.15, -0.1) is 29.5 Å². The Morgan fingerprint density at radius 1 is 1.17 bits per heavy atom. The second-order valence-electron chi connectivity index (χ2n) is 2.19. The molecule has 0 aromatic heterocycles. The number of benzene rings is 1. The predicted molar refractivity (Wildman–Crippen MR) is 52.2 cm³/mol. The van der Waals surface area contributed by atoms with Crippen molar-refractivity contribution in [3.63, 3.8) is 0 Å². The third-order valence-electron chi connectivity index (χ3n) is 1.52. The normalized spacial score (nSPS) is 11.7. The summed E-state index contributed by atoms with van der Waals surface area (Å²) in [5, 5.41) is 2.10. The average Bonchev–Trinajstić information content (AvgIpc) is 2.05. The van der Waals surface area contributed by atoms with Gasteiger partial charge in [-0.3, -0.25) is 0 Å². The van der Waals surface area contributed by atoms with Gasteiger partial charge >= 0.3 is 23.1 Å². The Morgan fingerprint density at radius 2 is 1.92 bits per heavy atom. The van der Waals surface area contributed by atoms with Gasteiger partial charge in [-0.05, 0) is 5.41 Å². The Labute approximate surface area is 104 Å². The van der Waals surface area contributed by atoms with E-state index in [1.54, 1.807) is 11.8 Å². The Morgan fingerprint density at radius 3 is 2.67 bits per heavy atom. The van der Waals surface area contributed by atoms with Crippen molar-refractivity contribution in [3.05, 3.63) is 46.6 Å². The smallest absolute Gasteiger partial charge is 1.00 e. The molecule has 0 aliphatic carbocycles. The first-order chi connectivity index (χ1) is 4.97. The van der Waals surface area contributed by atoms with Gasteiger partial charge in [-0.25, -0.2) is 0 Å². The van der Waals surface area contributed by atoms with Crippen LogP contribution in [0.1, 0.15) is 11.1 Å². The Hall–Kier alpha value is 0.426. The zero-order valence-electron chi connectivity index (χ0n) is 6.53. The number of fused-ring (bicyclic) bond motifs is 1. The van der Waals surface area contributed by atoms with Crippen LogP contribution in [0.3, 0.4) is 0 Å². The van der Waals surface area contributed by atoms with Crippen molar-refractivity contribution in [1.82, 2.24) is 0 Å². The number of hydrogen-bond donors (Lipinski definition) is 0. The molecule has 0 amide bonds. The summed E-state index contributed by atoms with van der Waals surface area (Å²) in [4.78, 5) is 0. The molecular formula is C9H7BrMgS. The van der Waals surface area contributed by atoms with Gasteiger partial charge in [-0.1, -0.05) is 6.07 Å². The first-order valence-electron chi connectivity index (χ1n) is 3.21. The van der Waals surface area contributed by atoms with E-state index in [4.69, 9.17) is 0 Å². The molecule has 1 heterocycles. The molecule has 3 heteroatoms. The molecule has 0 saturated carbocycles. The molecule has 0 unspecified atom stereocenters. The quantitative estimate of drug-likeness (QED) is 0.444. The topological polar surface area (TPSA) is 0 Å². The maximum Gasteiger partial charge on any atom is 2.00 e. The van der Waals surface area contributed by atoms with Gasteiger partial charge in [0.15, 0.2) is 0 Å². The van der Waals surface area contributed by atoms with Crippen molar-refractivity contribution < 1.29 is 17.0 Å². The van der Waals surface area contributed by atoms with E-state index in [1.165, 1.54) is 11.1 Å². The van der Waals surface area contributed by atoms with Crippen LogP contribution in [-0.4, -0.2) is 23.1 Å². The van der Waals surface area contributed by atoms with Crippen molar-refractivity contribution in [2.75, 3.05) is 0 Å². The fourth-order valence-corrected chi connectivity index (χ4v) is 1.66. The van der Waals surface area contributed by atoms with Gasteiger partial charge in [0, 0.05) is 0 Å². The zero-order chi connectivity index (χ0) is 6.81. The molecule has 0 atom stereocenters. The van der Waals surface area contributed by atoms with Crippen LogP contribution in [0.5, 0.6) is 0 Å². The summed E-state index contributed by atoms with van der Waals surface area (Å²) < 4.78 is 0. The minimum Gasteiger partial charge on any atom is -1.00 e. The molecule has 0 nitrogen and oxygen atoms in total. The summed E-state index contributed by atoms with van der Waals surface area (Å²) in [6.07, 6.45) is 2.14. The molecule has 0 radical (unpaired) electrons.